The Labute approximate surface area is 151 Å². The average molecular weight is 367 g/mol. The van der Waals surface area contributed by atoms with E-state index in [0.717, 1.165) is 53.8 Å². The van der Waals surface area contributed by atoms with Gasteiger partial charge in [0.1, 0.15) is 5.15 Å². The van der Waals surface area contributed by atoms with Crippen molar-refractivity contribution in [1.82, 2.24) is 19.6 Å². The van der Waals surface area contributed by atoms with Gasteiger partial charge in [-0.1, -0.05) is 18.5 Å². The van der Waals surface area contributed by atoms with E-state index in [1.165, 1.54) is 10.4 Å². The Kier molecular flexibility index (Phi) is 4.99. The minimum Gasteiger partial charge on any atom is -0.344 e. The molecular formula is C17H23ClN4OS. The zero-order chi connectivity index (χ0) is 17.4. The molecule has 0 aliphatic carbocycles. The molecule has 24 heavy (non-hydrogen) atoms. The molecule has 0 atom stereocenters. The number of halogens is 1. The summed E-state index contributed by atoms with van der Waals surface area (Å²) in [6.07, 6.45) is 1.87. The summed E-state index contributed by atoms with van der Waals surface area (Å²) in [5, 5.41) is 5.22. The summed E-state index contributed by atoms with van der Waals surface area (Å²) in [4.78, 5) is 18.4. The first-order valence-electron chi connectivity index (χ1n) is 8.16. The van der Waals surface area contributed by atoms with Crippen LogP contribution >= 0.6 is 22.9 Å². The van der Waals surface area contributed by atoms with Gasteiger partial charge in [-0.3, -0.25) is 14.4 Å². The lowest BCUT2D eigenvalue weighted by Gasteiger charge is -2.26. The Balaban J connectivity index is 1.77. The highest BCUT2D eigenvalue weighted by Crippen LogP contribution is 2.30. The number of amides is 1. The molecule has 0 spiro atoms. The minimum atomic E-state index is 0.0875. The highest BCUT2D eigenvalue weighted by molar-refractivity contribution is 7.14. The number of rotatable bonds is 4. The average Bonchev–Trinajstić information content (AvgIpc) is 3.09. The van der Waals surface area contributed by atoms with E-state index in [-0.39, 0.29) is 5.91 Å². The maximum Gasteiger partial charge on any atom is 0.263 e. The molecule has 1 aliphatic heterocycles. The largest absolute Gasteiger partial charge is 0.344 e. The minimum absolute atomic E-state index is 0.0875. The predicted octanol–water partition coefficient (Wildman–Crippen LogP) is 2.96. The van der Waals surface area contributed by atoms with Crippen LogP contribution in [-0.4, -0.2) is 46.1 Å². The van der Waals surface area contributed by atoms with Gasteiger partial charge in [-0.25, -0.2) is 0 Å². The predicted molar refractivity (Wildman–Crippen MR) is 97.8 cm³/mol. The first-order valence-corrected chi connectivity index (χ1v) is 9.36. The number of aromatic nitrogens is 2. The van der Waals surface area contributed by atoms with Crippen molar-refractivity contribution in [3.05, 3.63) is 37.8 Å². The molecule has 0 bridgehead atoms. The lowest BCUT2D eigenvalue weighted by molar-refractivity contribution is 0.0832. The number of carbonyl (C=O) groups is 1. The van der Waals surface area contributed by atoms with Gasteiger partial charge in [-0.2, -0.15) is 5.10 Å². The number of hydrogen-bond acceptors (Lipinski definition) is 4. The summed E-state index contributed by atoms with van der Waals surface area (Å²) in [7, 11) is 5.48. The summed E-state index contributed by atoms with van der Waals surface area (Å²) in [5.74, 6) is 0.0875. The Morgan fingerprint density at radius 3 is 2.88 bits per heavy atom. The molecule has 1 aliphatic rings. The van der Waals surface area contributed by atoms with E-state index in [0.29, 0.717) is 0 Å². The third-order valence-corrected chi connectivity index (χ3v) is 6.13. The van der Waals surface area contributed by atoms with Crippen LogP contribution in [0.5, 0.6) is 0 Å². The number of carbonyl (C=O) groups excluding carboxylic acids is 1. The first-order chi connectivity index (χ1) is 11.4. The Hall–Kier alpha value is -1.37. The van der Waals surface area contributed by atoms with Gasteiger partial charge in [0.2, 0.25) is 0 Å². The molecule has 2 aromatic heterocycles. The van der Waals surface area contributed by atoms with E-state index in [1.807, 2.05) is 7.05 Å². The van der Waals surface area contributed by atoms with Gasteiger partial charge in [0.15, 0.2) is 0 Å². The molecule has 1 amide bonds. The van der Waals surface area contributed by atoms with E-state index in [2.05, 4.69) is 23.0 Å². The Morgan fingerprint density at radius 2 is 2.21 bits per heavy atom. The molecule has 3 heterocycles. The van der Waals surface area contributed by atoms with Crippen molar-refractivity contribution < 1.29 is 4.79 Å². The zero-order valence-corrected chi connectivity index (χ0v) is 16.2. The molecule has 2 aromatic rings. The lowest BCUT2D eigenvalue weighted by atomic mass is 10.1. The SMILES string of the molecule is CCc1nn(C)c(Cl)c1CN1CCc2sc(C(=O)N(C)C)cc2C1. The third-order valence-electron chi connectivity index (χ3n) is 4.43. The van der Waals surface area contributed by atoms with Crippen LogP contribution in [0.25, 0.3) is 0 Å². The summed E-state index contributed by atoms with van der Waals surface area (Å²) in [5.41, 5.74) is 3.47. The fourth-order valence-corrected chi connectivity index (χ4v) is 4.51. The smallest absolute Gasteiger partial charge is 0.263 e. The van der Waals surface area contributed by atoms with Crippen molar-refractivity contribution in [3.8, 4) is 0 Å². The molecule has 0 N–H and O–H groups in total. The van der Waals surface area contributed by atoms with Crippen molar-refractivity contribution >= 4 is 28.8 Å². The molecule has 0 saturated heterocycles. The lowest BCUT2D eigenvalue weighted by Crippen LogP contribution is -2.29. The fraction of sp³-hybridized carbons (Fsp3) is 0.529. The van der Waals surface area contributed by atoms with Crippen LogP contribution in [-0.2, 0) is 33.0 Å². The molecule has 0 radical (unpaired) electrons. The molecule has 7 heteroatoms. The third kappa shape index (κ3) is 3.23. The second-order valence-corrected chi connectivity index (χ2v) is 7.91. The van der Waals surface area contributed by atoms with Gasteiger partial charge in [-0.15, -0.1) is 11.3 Å². The van der Waals surface area contributed by atoms with Crippen molar-refractivity contribution in [2.24, 2.45) is 7.05 Å². The molecule has 0 aromatic carbocycles. The van der Waals surface area contributed by atoms with E-state index in [1.54, 1.807) is 35.0 Å². The maximum atomic E-state index is 12.2. The van der Waals surface area contributed by atoms with Crippen LogP contribution in [0.2, 0.25) is 5.15 Å². The normalized spacial score (nSPS) is 14.7. The van der Waals surface area contributed by atoms with Crippen LogP contribution in [0.4, 0.5) is 0 Å². The van der Waals surface area contributed by atoms with Gasteiger partial charge < -0.3 is 4.90 Å². The Bertz CT molecular complexity index is 765. The van der Waals surface area contributed by atoms with E-state index >= 15 is 0 Å². The quantitative estimate of drug-likeness (QED) is 0.835. The van der Waals surface area contributed by atoms with E-state index < -0.39 is 0 Å². The standard InChI is InChI=1S/C17H23ClN4OS/c1-5-13-12(16(18)21(4)19-13)10-22-7-6-14-11(9-22)8-15(24-14)17(23)20(2)3/h8H,5-7,9-10H2,1-4H3. The molecule has 0 unspecified atom stereocenters. The first kappa shape index (κ1) is 17.5. The number of hydrogen-bond donors (Lipinski definition) is 0. The van der Waals surface area contributed by atoms with Gasteiger partial charge in [-0.05, 0) is 24.5 Å². The van der Waals surface area contributed by atoms with Crippen LogP contribution < -0.4 is 0 Å². The van der Waals surface area contributed by atoms with Gasteiger partial charge in [0.05, 0.1) is 10.6 Å². The van der Waals surface area contributed by atoms with Crippen molar-refractivity contribution in [2.45, 2.75) is 32.9 Å². The summed E-state index contributed by atoms with van der Waals surface area (Å²) >= 11 is 8.05. The number of fused-ring (bicyclic) bond motifs is 1. The summed E-state index contributed by atoms with van der Waals surface area (Å²) in [6.45, 7) is 4.76. The van der Waals surface area contributed by atoms with E-state index in [9.17, 15) is 4.79 Å². The molecule has 5 nitrogen and oxygen atoms in total. The van der Waals surface area contributed by atoms with Crippen LogP contribution in [0.3, 0.4) is 0 Å². The molecule has 130 valence electrons. The Morgan fingerprint density at radius 1 is 1.46 bits per heavy atom. The highest BCUT2D eigenvalue weighted by Gasteiger charge is 2.24. The summed E-state index contributed by atoms with van der Waals surface area (Å²) < 4.78 is 1.75. The fourth-order valence-electron chi connectivity index (χ4n) is 3.12. The molecule has 0 fully saturated rings. The highest BCUT2D eigenvalue weighted by atomic mass is 35.5. The monoisotopic (exact) mass is 366 g/mol. The molecular weight excluding hydrogens is 344 g/mol. The van der Waals surface area contributed by atoms with Gasteiger partial charge in [0, 0.05) is 51.2 Å². The van der Waals surface area contributed by atoms with Crippen LogP contribution in [0.15, 0.2) is 6.07 Å². The van der Waals surface area contributed by atoms with Crippen molar-refractivity contribution in [2.75, 3.05) is 20.6 Å². The number of aryl methyl sites for hydroxylation is 2. The van der Waals surface area contributed by atoms with Crippen LogP contribution in [0.1, 0.15) is 38.3 Å². The van der Waals surface area contributed by atoms with Crippen LogP contribution in [0, 0.1) is 0 Å². The molecule has 0 saturated carbocycles. The zero-order valence-electron chi connectivity index (χ0n) is 14.6. The van der Waals surface area contributed by atoms with Crippen molar-refractivity contribution in [1.29, 1.82) is 0 Å². The topological polar surface area (TPSA) is 41.4 Å². The van der Waals surface area contributed by atoms with Gasteiger partial charge in [0.25, 0.3) is 5.91 Å². The number of nitrogens with zero attached hydrogens (tertiary/aromatic N) is 4. The second kappa shape index (κ2) is 6.86. The summed E-state index contributed by atoms with van der Waals surface area (Å²) in [6, 6.07) is 2.06. The molecule has 3 rings (SSSR count). The second-order valence-electron chi connectivity index (χ2n) is 6.41. The van der Waals surface area contributed by atoms with E-state index in [4.69, 9.17) is 11.6 Å². The maximum absolute atomic E-state index is 12.2. The number of thiophene rings is 1. The van der Waals surface area contributed by atoms with Crippen molar-refractivity contribution in [3.63, 3.8) is 0 Å². The van der Waals surface area contributed by atoms with Gasteiger partial charge >= 0.3 is 0 Å².